The fraction of sp³-hybridized carbons (Fsp3) is 1.00. The van der Waals surface area contributed by atoms with Crippen molar-refractivity contribution in [2.24, 2.45) is 0 Å². The summed E-state index contributed by atoms with van der Waals surface area (Å²) in [5.41, 5.74) is -0.0490. The van der Waals surface area contributed by atoms with Gasteiger partial charge in [-0.05, 0) is 45.8 Å². The lowest BCUT2D eigenvalue weighted by Crippen LogP contribution is -2.70. The van der Waals surface area contributed by atoms with E-state index in [1.54, 1.807) is 0 Å². The van der Waals surface area contributed by atoms with Crippen molar-refractivity contribution in [3.05, 3.63) is 0 Å². The zero-order valence-electron chi connectivity index (χ0n) is 12.3. The molecule has 0 heterocycles. The van der Waals surface area contributed by atoms with Crippen molar-refractivity contribution in [2.75, 3.05) is 19.6 Å². The Hall–Kier alpha value is 0.0569. The van der Waals surface area contributed by atoms with Crippen LogP contribution in [0.5, 0.6) is 0 Å². The lowest BCUT2D eigenvalue weighted by Gasteiger charge is -2.40. The highest BCUT2D eigenvalue weighted by Gasteiger charge is 2.30. The smallest absolute Gasteiger partial charge is 0.0887 e. The maximum atomic E-state index is 3.61. The molecule has 0 fully saturated rings. The number of hydrogen-bond donors (Lipinski definition) is 4. The zero-order valence-corrected chi connectivity index (χ0v) is 14.3. The maximum absolute atomic E-state index is 3.61. The first-order valence-electron chi connectivity index (χ1n) is 7.05. The summed E-state index contributed by atoms with van der Waals surface area (Å²) in [4.78, 5) is 3.53. The van der Waals surface area contributed by atoms with Gasteiger partial charge in [-0.1, -0.05) is 20.8 Å². The van der Waals surface area contributed by atoms with E-state index in [-0.39, 0.29) is 11.8 Å². The molecule has 0 aliphatic rings. The lowest BCUT2D eigenvalue weighted by atomic mass is 10.1. The Labute approximate surface area is 110 Å². The molecule has 0 aliphatic heterocycles. The third-order valence-corrected chi connectivity index (χ3v) is 4.07. The first-order valence-corrected chi connectivity index (χ1v) is 8.05. The largest absolute Gasteiger partial charge is 0.327 e. The van der Waals surface area contributed by atoms with Crippen LogP contribution in [0.3, 0.4) is 0 Å². The van der Waals surface area contributed by atoms with Crippen LogP contribution in [0, 0.1) is 0 Å². The van der Waals surface area contributed by atoms with Crippen molar-refractivity contribution in [1.29, 1.82) is 0 Å². The fourth-order valence-electron chi connectivity index (χ4n) is 1.78. The molecule has 0 radical (unpaired) electrons. The van der Waals surface area contributed by atoms with E-state index < -0.39 is 0 Å². The van der Waals surface area contributed by atoms with Crippen LogP contribution in [0.15, 0.2) is 0 Å². The van der Waals surface area contributed by atoms with Gasteiger partial charge in [0.15, 0.2) is 0 Å². The van der Waals surface area contributed by atoms with E-state index in [9.17, 15) is 0 Å². The molecule has 0 bridgehead atoms. The Bertz CT molecular complexity index is 172. The highest BCUT2D eigenvalue weighted by molar-refractivity contribution is 6.04. The van der Waals surface area contributed by atoms with Gasteiger partial charge in [0, 0.05) is 0 Å². The fourth-order valence-corrected chi connectivity index (χ4v) is 2.24. The Balaban J connectivity index is 4.44. The van der Waals surface area contributed by atoms with Crippen molar-refractivity contribution in [1.82, 2.24) is 20.9 Å². The molecular weight excluding hydrogens is 228 g/mol. The molecule has 1 unspecified atom stereocenters. The molecule has 0 amide bonds. The summed E-state index contributed by atoms with van der Waals surface area (Å²) in [6, 6.07) is 0. The molecule has 1 atom stereocenters. The van der Waals surface area contributed by atoms with Gasteiger partial charge in [-0.3, -0.25) is 16.0 Å². The Morgan fingerprint density at radius 3 is 1.76 bits per heavy atom. The monoisotopic (exact) mass is 260 g/mol. The molecule has 4 nitrogen and oxygen atoms in total. The molecule has 0 saturated heterocycles. The van der Waals surface area contributed by atoms with E-state index in [4.69, 9.17) is 0 Å². The van der Waals surface area contributed by atoms with Crippen LogP contribution < -0.4 is 20.9 Å². The highest BCUT2D eigenvalue weighted by Crippen LogP contribution is 2.04. The van der Waals surface area contributed by atoms with Crippen LogP contribution in [0.25, 0.3) is 0 Å². The SMILES string of the molecule is CCCNC(NCCC)C(C)(N[SiH3])NCCC. The van der Waals surface area contributed by atoms with E-state index in [0.717, 1.165) is 49.3 Å². The summed E-state index contributed by atoms with van der Waals surface area (Å²) in [6.45, 7) is 12.0. The van der Waals surface area contributed by atoms with Crippen LogP contribution in [0.2, 0.25) is 0 Å². The summed E-state index contributed by atoms with van der Waals surface area (Å²) in [7, 11) is 0.986. The molecular formula is C12H32N4Si. The third-order valence-electron chi connectivity index (χ3n) is 3.04. The Morgan fingerprint density at radius 2 is 1.41 bits per heavy atom. The van der Waals surface area contributed by atoms with Crippen LogP contribution in [0.4, 0.5) is 0 Å². The van der Waals surface area contributed by atoms with Crippen molar-refractivity contribution in [2.45, 2.75) is 58.8 Å². The molecule has 0 saturated carbocycles. The second kappa shape index (κ2) is 10.0. The van der Waals surface area contributed by atoms with Crippen molar-refractivity contribution >= 4 is 10.4 Å². The lowest BCUT2D eigenvalue weighted by molar-refractivity contribution is 0.205. The number of hydrogen-bond acceptors (Lipinski definition) is 4. The molecule has 5 heteroatoms. The third kappa shape index (κ3) is 6.52. The molecule has 0 rings (SSSR count). The minimum Gasteiger partial charge on any atom is -0.327 e. The Morgan fingerprint density at radius 1 is 0.941 bits per heavy atom. The predicted octanol–water partition coefficient (Wildman–Crippen LogP) is -0.102. The molecule has 0 spiro atoms. The van der Waals surface area contributed by atoms with Gasteiger partial charge in [0.25, 0.3) is 0 Å². The van der Waals surface area contributed by atoms with Gasteiger partial charge in [-0.15, -0.1) is 0 Å². The van der Waals surface area contributed by atoms with Gasteiger partial charge in [0.1, 0.15) is 0 Å². The van der Waals surface area contributed by atoms with Crippen LogP contribution >= 0.6 is 0 Å². The van der Waals surface area contributed by atoms with Crippen molar-refractivity contribution < 1.29 is 0 Å². The quantitative estimate of drug-likeness (QED) is 0.309. The van der Waals surface area contributed by atoms with E-state index in [2.05, 4.69) is 48.6 Å². The van der Waals surface area contributed by atoms with E-state index in [1.807, 2.05) is 0 Å². The van der Waals surface area contributed by atoms with E-state index in [1.165, 1.54) is 0 Å². The van der Waals surface area contributed by atoms with E-state index >= 15 is 0 Å². The predicted molar refractivity (Wildman–Crippen MR) is 80.1 cm³/mol. The van der Waals surface area contributed by atoms with Crippen LogP contribution in [0.1, 0.15) is 47.0 Å². The molecule has 0 aliphatic carbocycles. The minimum atomic E-state index is -0.0490. The van der Waals surface area contributed by atoms with E-state index in [0.29, 0.717) is 0 Å². The Kier molecular flexibility index (Phi) is 10.1. The van der Waals surface area contributed by atoms with Crippen LogP contribution in [-0.4, -0.2) is 41.9 Å². The standard InChI is InChI=1S/C12H32N4Si/c1-5-8-13-11(14-9-6-2)12(4,16-17)15-10-7-3/h11,13-16H,5-10H2,1-4,17H3. The zero-order chi connectivity index (χ0) is 13.1. The summed E-state index contributed by atoms with van der Waals surface area (Å²) >= 11 is 0. The second-order valence-electron chi connectivity index (χ2n) is 4.72. The minimum absolute atomic E-state index is 0.0490. The first kappa shape index (κ1) is 17.1. The summed E-state index contributed by atoms with van der Waals surface area (Å²) in [6.07, 6.45) is 3.77. The van der Waals surface area contributed by atoms with Gasteiger partial charge >= 0.3 is 0 Å². The normalized spacial score (nSPS) is 15.4. The molecule has 104 valence electrons. The molecule has 4 N–H and O–H groups in total. The van der Waals surface area contributed by atoms with Gasteiger partial charge in [-0.2, -0.15) is 0 Å². The summed E-state index contributed by atoms with van der Waals surface area (Å²) in [5, 5.41) is 10.8. The topological polar surface area (TPSA) is 48.1 Å². The molecule has 0 aromatic carbocycles. The summed E-state index contributed by atoms with van der Waals surface area (Å²) < 4.78 is 0. The average molecular weight is 261 g/mol. The van der Waals surface area contributed by atoms with Crippen molar-refractivity contribution in [3.63, 3.8) is 0 Å². The highest BCUT2D eigenvalue weighted by atomic mass is 28.2. The molecule has 0 aromatic rings. The van der Waals surface area contributed by atoms with Crippen molar-refractivity contribution in [3.8, 4) is 0 Å². The van der Waals surface area contributed by atoms with Gasteiger partial charge in [0.2, 0.25) is 0 Å². The average Bonchev–Trinajstić information content (AvgIpc) is 2.36. The number of nitrogens with one attached hydrogen (secondary N) is 4. The molecule has 0 aromatic heterocycles. The maximum Gasteiger partial charge on any atom is 0.0887 e. The van der Waals surface area contributed by atoms with Gasteiger partial charge in [0.05, 0.1) is 22.2 Å². The second-order valence-corrected chi connectivity index (χ2v) is 5.22. The first-order chi connectivity index (χ1) is 8.14. The van der Waals surface area contributed by atoms with Crippen LogP contribution in [-0.2, 0) is 0 Å². The number of rotatable bonds is 11. The molecule has 17 heavy (non-hydrogen) atoms. The van der Waals surface area contributed by atoms with Gasteiger partial charge < -0.3 is 4.98 Å². The summed E-state index contributed by atoms with van der Waals surface area (Å²) in [5.74, 6) is 0. The van der Waals surface area contributed by atoms with Gasteiger partial charge in [-0.25, -0.2) is 0 Å².